The van der Waals surface area contributed by atoms with E-state index in [2.05, 4.69) is 36.1 Å². The van der Waals surface area contributed by atoms with Crippen molar-refractivity contribution in [2.45, 2.75) is 37.6 Å². The predicted molar refractivity (Wildman–Crippen MR) is 81.8 cm³/mol. The Kier molecular flexibility index (Phi) is 4.11. The monoisotopic (exact) mass is 274 g/mol. The van der Waals surface area contributed by atoms with E-state index in [1.807, 2.05) is 0 Å². The molecular formula is C17H26N2O. The van der Waals surface area contributed by atoms with E-state index in [0.29, 0.717) is 12.5 Å². The molecule has 110 valence electrons. The van der Waals surface area contributed by atoms with Gasteiger partial charge in [0, 0.05) is 26.2 Å². The van der Waals surface area contributed by atoms with Crippen molar-refractivity contribution in [2.24, 2.45) is 5.73 Å². The third kappa shape index (κ3) is 2.28. The van der Waals surface area contributed by atoms with Gasteiger partial charge in [-0.1, -0.05) is 31.2 Å². The second-order valence-corrected chi connectivity index (χ2v) is 6.22. The maximum absolute atomic E-state index is 6.30. The van der Waals surface area contributed by atoms with Crippen LogP contribution in [0.15, 0.2) is 24.3 Å². The fourth-order valence-corrected chi connectivity index (χ4v) is 3.94. The number of nitrogens with zero attached hydrogens (tertiary/aromatic N) is 1. The van der Waals surface area contributed by atoms with E-state index in [1.54, 1.807) is 0 Å². The highest BCUT2D eigenvalue weighted by atomic mass is 16.5. The largest absolute Gasteiger partial charge is 0.380 e. The molecular weight excluding hydrogens is 248 g/mol. The van der Waals surface area contributed by atoms with Gasteiger partial charge >= 0.3 is 0 Å². The molecule has 1 aromatic carbocycles. The zero-order valence-corrected chi connectivity index (χ0v) is 12.5. The summed E-state index contributed by atoms with van der Waals surface area (Å²) in [5.74, 6) is 0.647. The van der Waals surface area contributed by atoms with Crippen LogP contribution in [0.1, 0.15) is 43.2 Å². The number of hydrogen-bond donors (Lipinski definition) is 1. The standard InChI is InChI=1S/C17H26N2O/c1-14-7-8-17(13-18,16-6-3-2-5-15(14)16)19-9-4-11-20-12-10-19/h2-3,5-6,14H,4,7-13,18H2,1H3. The van der Waals surface area contributed by atoms with Crippen molar-refractivity contribution in [3.8, 4) is 0 Å². The molecule has 1 aliphatic heterocycles. The summed E-state index contributed by atoms with van der Waals surface area (Å²) < 4.78 is 5.63. The van der Waals surface area contributed by atoms with Crippen molar-refractivity contribution in [1.82, 2.24) is 4.90 Å². The van der Waals surface area contributed by atoms with E-state index in [0.717, 1.165) is 32.7 Å². The molecule has 2 N–H and O–H groups in total. The molecule has 1 saturated heterocycles. The van der Waals surface area contributed by atoms with Gasteiger partial charge in [0.15, 0.2) is 0 Å². The number of ether oxygens (including phenoxy) is 1. The highest BCUT2D eigenvalue weighted by molar-refractivity contribution is 5.39. The zero-order valence-electron chi connectivity index (χ0n) is 12.5. The fraction of sp³-hybridized carbons (Fsp3) is 0.647. The third-order valence-electron chi connectivity index (χ3n) is 5.15. The summed E-state index contributed by atoms with van der Waals surface area (Å²) in [6.07, 6.45) is 3.51. The molecule has 2 aliphatic rings. The van der Waals surface area contributed by atoms with E-state index in [1.165, 1.54) is 24.0 Å². The molecule has 3 heteroatoms. The van der Waals surface area contributed by atoms with E-state index in [-0.39, 0.29) is 5.54 Å². The van der Waals surface area contributed by atoms with Crippen LogP contribution >= 0.6 is 0 Å². The van der Waals surface area contributed by atoms with Crippen LogP contribution in [0.3, 0.4) is 0 Å². The van der Waals surface area contributed by atoms with Gasteiger partial charge in [0.1, 0.15) is 0 Å². The highest BCUT2D eigenvalue weighted by Gasteiger charge is 2.42. The summed E-state index contributed by atoms with van der Waals surface area (Å²) in [4.78, 5) is 2.59. The number of fused-ring (bicyclic) bond motifs is 1. The van der Waals surface area contributed by atoms with Gasteiger partial charge in [-0.2, -0.15) is 0 Å². The maximum atomic E-state index is 6.30. The van der Waals surface area contributed by atoms with Crippen molar-refractivity contribution in [1.29, 1.82) is 0 Å². The Hall–Kier alpha value is -0.900. The topological polar surface area (TPSA) is 38.5 Å². The highest BCUT2D eigenvalue weighted by Crippen LogP contribution is 2.44. The molecule has 1 aliphatic carbocycles. The van der Waals surface area contributed by atoms with Gasteiger partial charge in [-0.3, -0.25) is 4.90 Å². The summed E-state index contributed by atoms with van der Waals surface area (Å²) in [7, 11) is 0. The Bertz CT molecular complexity index is 454. The van der Waals surface area contributed by atoms with Crippen LogP contribution in [0.5, 0.6) is 0 Å². The molecule has 20 heavy (non-hydrogen) atoms. The molecule has 0 aromatic heterocycles. The lowest BCUT2D eigenvalue weighted by Crippen LogP contribution is -2.54. The van der Waals surface area contributed by atoms with Crippen LogP contribution in [0.4, 0.5) is 0 Å². The van der Waals surface area contributed by atoms with Gasteiger partial charge < -0.3 is 10.5 Å². The molecule has 2 atom stereocenters. The lowest BCUT2D eigenvalue weighted by Gasteiger charge is -2.48. The minimum atomic E-state index is 0.0246. The average molecular weight is 274 g/mol. The van der Waals surface area contributed by atoms with Crippen molar-refractivity contribution in [3.63, 3.8) is 0 Å². The zero-order chi connectivity index (χ0) is 14.0. The smallest absolute Gasteiger partial charge is 0.0593 e. The summed E-state index contributed by atoms with van der Waals surface area (Å²) in [5.41, 5.74) is 9.28. The molecule has 3 rings (SSSR count). The molecule has 1 heterocycles. The first-order valence-corrected chi connectivity index (χ1v) is 7.90. The van der Waals surface area contributed by atoms with Crippen LogP contribution in [-0.4, -0.2) is 37.7 Å². The first kappa shape index (κ1) is 14.1. The Morgan fingerprint density at radius 2 is 2.15 bits per heavy atom. The Morgan fingerprint density at radius 1 is 1.30 bits per heavy atom. The second-order valence-electron chi connectivity index (χ2n) is 6.22. The van der Waals surface area contributed by atoms with Crippen LogP contribution in [0, 0.1) is 0 Å². The maximum Gasteiger partial charge on any atom is 0.0593 e. The molecule has 2 unspecified atom stereocenters. The van der Waals surface area contributed by atoms with Gasteiger partial charge in [-0.05, 0) is 36.3 Å². The summed E-state index contributed by atoms with van der Waals surface area (Å²) >= 11 is 0. The van der Waals surface area contributed by atoms with Gasteiger partial charge in [-0.25, -0.2) is 0 Å². The van der Waals surface area contributed by atoms with Gasteiger partial charge in [0.25, 0.3) is 0 Å². The summed E-state index contributed by atoms with van der Waals surface area (Å²) in [6.45, 7) is 6.86. The summed E-state index contributed by atoms with van der Waals surface area (Å²) in [5, 5.41) is 0. The molecule has 1 fully saturated rings. The minimum Gasteiger partial charge on any atom is -0.380 e. The Balaban J connectivity index is 2.01. The van der Waals surface area contributed by atoms with Crippen molar-refractivity contribution >= 4 is 0 Å². The second kappa shape index (κ2) is 5.84. The fourth-order valence-electron chi connectivity index (χ4n) is 3.94. The number of rotatable bonds is 2. The van der Waals surface area contributed by atoms with E-state index in [4.69, 9.17) is 10.5 Å². The lowest BCUT2D eigenvalue weighted by atomic mass is 9.71. The number of benzene rings is 1. The average Bonchev–Trinajstić information content (AvgIpc) is 2.78. The molecule has 0 spiro atoms. The quantitative estimate of drug-likeness (QED) is 0.900. The Morgan fingerprint density at radius 3 is 3.00 bits per heavy atom. The van der Waals surface area contributed by atoms with Gasteiger partial charge in [0.05, 0.1) is 12.1 Å². The van der Waals surface area contributed by atoms with Crippen LogP contribution in [0.25, 0.3) is 0 Å². The van der Waals surface area contributed by atoms with Gasteiger partial charge in [-0.15, -0.1) is 0 Å². The predicted octanol–water partition coefficient (Wildman–Crippen LogP) is 2.46. The van der Waals surface area contributed by atoms with Crippen LogP contribution in [0.2, 0.25) is 0 Å². The molecule has 0 radical (unpaired) electrons. The molecule has 1 aromatic rings. The van der Waals surface area contributed by atoms with Crippen LogP contribution in [-0.2, 0) is 10.3 Å². The van der Waals surface area contributed by atoms with Crippen molar-refractivity contribution in [2.75, 3.05) is 32.8 Å². The van der Waals surface area contributed by atoms with E-state index < -0.39 is 0 Å². The molecule has 0 bridgehead atoms. The third-order valence-corrected chi connectivity index (χ3v) is 5.15. The minimum absolute atomic E-state index is 0.0246. The van der Waals surface area contributed by atoms with E-state index in [9.17, 15) is 0 Å². The molecule has 0 saturated carbocycles. The van der Waals surface area contributed by atoms with Crippen molar-refractivity contribution in [3.05, 3.63) is 35.4 Å². The lowest BCUT2D eigenvalue weighted by molar-refractivity contribution is 0.0635. The van der Waals surface area contributed by atoms with Crippen LogP contribution < -0.4 is 5.73 Å². The molecule has 0 amide bonds. The van der Waals surface area contributed by atoms with Crippen molar-refractivity contribution < 1.29 is 4.74 Å². The number of hydrogen-bond acceptors (Lipinski definition) is 3. The first-order chi connectivity index (χ1) is 9.78. The molecule has 3 nitrogen and oxygen atoms in total. The number of nitrogens with two attached hydrogens (primary N) is 1. The SMILES string of the molecule is CC1CCC(CN)(N2CCCOCC2)c2ccccc21. The van der Waals surface area contributed by atoms with Gasteiger partial charge in [0.2, 0.25) is 0 Å². The Labute approximate surface area is 122 Å². The summed E-state index contributed by atoms with van der Waals surface area (Å²) in [6, 6.07) is 8.91. The normalized spacial score (nSPS) is 31.6. The first-order valence-electron chi connectivity index (χ1n) is 7.90. The van der Waals surface area contributed by atoms with E-state index >= 15 is 0 Å².